The Morgan fingerprint density at radius 1 is 0.971 bits per heavy atom. The number of amides is 1. The van der Waals surface area contributed by atoms with Gasteiger partial charge in [0.05, 0.1) is 26.1 Å². The molecule has 1 aromatic carbocycles. The summed E-state index contributed by atoms with van der Waals surface area (Å²) < 4.78 is 27.4. The first kappa shape index (κ1) is 22.1. The van der Waals surface area contributed by atoms with Crippen LogP contribution < -0.4 is 10.1 Å². The molecule has 9 nitrogen and oxygen atoms in total. The van der Waals surface area contributed by atoms with Crippen LogP contribution in [0.4, 0.5) is 15.0 Å². The van der Waals surface area contributed by atoms with Crippen LogP contribution in [0.3, 0.4) is 0 Å². The van der Waals surface area contributed by atoms with Gasteiger partial charge in [0.2, 0.25) is 0 Å². The number of nitrogens with zero attached hydrogens (tertiary/aromatic N) is 5. The molecular weight excluding hydrogens is 451 g/mol. The van der Waals surface area contributed by atoms with E-state index in [1.165, 1.54) is 20.3 Å². The standard InChI is InChI=1S/C25H21FN6O3/c1-31-14-18(15-4-7-19(26)21(10-15)34-2)24(30-31)17-6-9-23-28-12-20(32(23)13-17)16-5-8-22(27-11-16)29-25(33)35-3/h4-14H,1-3H3,(H,27,29,33). The molecule has 35 heavy (non-hydrogen) atoms. The van der Waals surface area contributed by atoms with Crippen LogP contribution in [0.15, 0.2) is 67.3 Å². The zero-order valence-electron chi connectivity index (χ0n) is 19.2. The van der Waals surface area contributed by atoms with Crippen LogP contribution in [0.2, 0.25) is 0 Å². The van der Waals surface area contributed by atoms with E-state index < -0.39 is 11.9 Å². The predicted molar refractivity (Wildman–Crippen MR) is 129 cm³/mol. The average Bonchev–Trinajstić information content (AvgIpc) is 3.48. The van der Waals surface area contributed by atoms with Crippen LogP contribution in [0.5, 0.6) is 5.75 Å². The Labute approximate surface area is 199 Å². The van der Waals surface area contributed by atoms with Crippen molar-refractivity contribution in [2.45, 2.75) is 0 Å². The van der Waals surface area contributed by atoms with Crippen LogP contribution in [0.25, 0.3) is 39.3 Å². The van der Waals surface area contributed by atoms with E-state index in [0.717, 1.165) is 39.3 Å². The van der Waals surface area contributed by atoms with Crippen molar-refractivity contribution < 1.29 is 18.7 Å². The van der Waals surface area contributed by atoms with Crippen molar-refractivity contribution >= 4 is 17.6 Å². The number of fused-ring (bicyclic) bond motifs is 1. The highest BCUT2D eigenvalue weighted by Crippen LogP contribution is 2.34. The monoisotopic (exact) mass is 472 g/mol. The Kier molecular flexibility index (Phi) is 5.61. The van der Waals surface area contributed by atoms with E-state index in [2.05, 4.69) is 25.1 Å². The second-order valence-electron chi connectivity index (χ2n) is 7.75. The third-order valence-electron chi connectivity index (χ3n) is 5.54. The highest BCUT2D eigenvalue weighted by Gasteiger charge is 2.16. The number of ether oxygens (including phenoxy) is 2. The number of carbonyl (C=O) groups is 1. The van der Waals surface area contributed by atoms with E-state index in [1.807, 2.05) is 42.0 Å². The Balaban J connectivity index is 1.56. The number of imidazole rings is 1. The normalized spacial score (nSPS) is 11.0. The summed E-state index contributed by atoms with van der Waals surface area (Å²) in [7, 11) is 4.57. The minimum atomic E-state index is -0.588. The number of aryl methyl sites for hydroxylation is 1. The number of rotatable bonds is 5. The van der Waals surface area contributed by atoms with Crippen LogP contribution in [-0.4, -0.2) is 44.5 Å². The lowest BCUT2D eigenvalue weighted by Crippen LogP contribution is -2.11. The van der Waals surface area contributed by atoms with E-state index in [9.17, 15) is 9.18 Å². The molecule has 0 saturated carbocycles. The molecule has 0 aliphatic heterocycles. The molecule has 176 valence electrons. The van der Waals surface area contributed by atoms with E-state index >= 15 is 0 Å². The van der Waals surface area contributed by atoms with Crippen LogP contribution in [-0.2, 0) is 11.8 Å². The summed E-state index contributed by atoms with van der Waals surface area (Å²) in [4.78, 5) is 20.2. The smallest absolute Gasteiger partial charge is 0.412 e. The minimum Gasteiger partial charge on any atom is -0.494 e. The fourth-order valence-electron chi connectivity index (χ4n) is 3.85. The van der Waals surface area contributed by atoms with Gasteiger partial charge in [-0.05, 0) is 42.0 Å². The van der Waals surface area contributed by atoms with E-state index in [4.69, 9.17) is 4.74 Å². The largest absolute Gasteiger partial charge is 0.494 e. The molecule has 0 saturated heterocycles. The third-order valence-corrected chi connectivity index (χ3v) is 5.54. The van der Waals surface area contributed by atoms with Gasteiger partial charge in [-0.15, -0.1) is 0 Å². The Hall–Kier alpha value is -4.73. The number of carbonyl (C=O) groups excluding carboxylic acids is 1. The van der Waals surface area contributed by atoms with E-state index in [1.54, 1.807) is 35.3 Å². The van der Waals surface area contributed by atoms with Gasteiger partial charge in [-0.2, -0.15) is 5.10 Å². The first-order chi connectivity index (χ1) is 17.0. The maximum Gasteiger partial charge on any atom is 0.412 e. The van der Waals surface area contributed by atoms with Gasteiger partial charge in [0.1, 0.15) is 17.2 Å². The first-order valence-corrected chi connectivity index (χ1v) is 10.6. The summed E-state index contributed by atoms with van der Waals surface area (Å²) in [5.74, 6) is 0.123. The summed E-state index contributed by atoms with van der Waals surface area (Å²) in [6.45, 7) is 0. The summed E-state index contributed by atoms with van der Waals surface area (Å²) in [6, 6.07) is 12.1. The number of nitrogens with one attached hydrogen (secondary N) is 1. The molecule has 4 heterocycles. The summed E-state index contributed by atoms with van der Waals surface area (Å²) in [5.41, 5.74) is 5.60. The number of anilines is 1. The van der Waals surface area contributed by atoms with Crippen LogP contribution in [0, 0.1) is 5.82 Å². The predicted octanol–water partition coefficient (Wildman–Crippen LogP) is 4.79. The van der Waals surface area contributed by atoms with Gasteiger partial charge in [0.25, 0.3) is 0 Å². The topological polar surface area (TPSA) is 95.6 Å². The Bertz CT molecular complexity index is 1540. The number of hydrogen-bond acceptors (Lipinski definition) is 6. The molecule has 0 atom stereocenters. The molecule has 0 bridgehead atoms. The van der Waals surface area contributed by atoms with Gasteiger partial charge in [0, 0.05) is 42.3 Å². The van der Waals surface area contributed by atoms with Gasteiger partial charge in [-0.3, -0.25) is 14.4 Å². The highest BCUT2D eigenvalue weighted by atomic mass is 19.1. The fourth-order valence-corrected chi connectivity index (χ4v) is 3.85. The molecule has 0 spiro atoms. The molecule has 0 fully saturated rings. The van der Waals surface area contributed by atoms with Crippen molar-refractivity contribution in [1.29, 1.82) is 0 Å². The van der Waals surface area contributed by atoms with Gasteiger partial charge in [-0.1, -0.05) is 6.07 Å². The molecular formula is C25H21FN6O3. The lowest BCUT2D eigenvalue weighted by Gasteiger charge is -2.08. The minimum absolute atomic E-state index is 0.169. The first-order valence-electron chi connectivity index (χ1n) is 10.6. The van der Waals surface area contributed by atoms with Crippen LogP contribution in [0.1, 0.15) is 0 Å². The van der Waals surface area contributed by atoms with Crippen molar-refractivity contribution in [3.05, 3.63) is 73.1 Å². The molecule has 0 aliphatic rings. The number of halogens is 1. The zero-order chi connectivity index (χ0) is 24.5. The SMILES string of the molecule is COC(=O)Nc1ccc(-c2cnc3ccc(-c4nn(C)cc4-c4ccc(F)c(OC)c4)cn23)cn1. The molecule has 10 heteroatoms. The van der Waals surface area contributed by atoms with Gasteiger partial charge >= 0.3 is 6.09 Å². The highest BCUT2D eigenvalue weighted by molar-refractivity contribution is 5.84. The number of benzene rings is 1. The summed E-state index contributed by atoms with van der Waals surface area (Å²) in [6.07, 6.45) is 6.66. The number of pyridine rings is 2. The van der Waals surface area contributed by atoms with Crippen molar-refractivity contribution in [3.8, 4) is 39.4 Å². The van der Waals surface area contributed by atoms with Crippen molar-refractivity contribution in [2.75, 3.05) is 19.5 Å². The summed E-state index contributed by atoms with van der Waals surface area (Å²) in [5, 5.41) is 7.19. The van der Waals surface area contributed by atoms with Crippen molar-refractivity contribution in [3.63, 3.8) is 0 Å². The molecule has 0 aliphatic carbocycles. The molecule has 1 amide bonds. The van der Waals surface area contributed by atoms with E-state index in [0.29, 0.717) is 5.82 Å². The number of hydrogen-bond donors (Lipinski definition) is 1. The van der Waals surface area contributed by atoms with Gasteiger partial charge in [-0.25, -0.2) is 19.2 Å². The van der Waals surface area contributed by atoms with Crippen molar-refractivity contribution in [1.82, 2.24) is 24.1 Å². The fraction of sp³-hybridized carbons (Fsp3) is 0.120. The maximum atomic E-state index is 14.0. The van der Waals surface area contributed by atoms with Crippen molar-refractivity contribution in [2.24, 2.45) is 7.05 Å². The van der Waals surface area contributed by atoms with E-state index in [-0.39, 0.29) is 5.75 Å². The molecule has 4 aromatic heterocycles. The third kappa shape index (κ3) is 4.17. The Morgan fingerprint density at radius 2 is 1.77 bits per heavy atom. The zero-order valence-corrected chi connectivity index (χ0v) is 19.2. The van der Waals surface area contributed by atoms with Crippen LogP contribution >= 0.6 is 0 Å². The van der Waals surface area contributed by atoms with Gasteiger partial charge in [0.15, 0.2) is 11.6 Å². The second-order valence-corrected chi connectivity index (χ2v) is 7.75. The number of methoxy groups -OCH3 is 2. The lowest BCUT2D eigenvalue weighted by atomic mass is 10.0. The molecule has 1 N–H and O–H groups in total. The average molecular weight is 472 g/mol. The van der Waals surface area contributed by atoms with Gasteiger partial charge < -0.3 is 9.47 Å². The maximum absolute atomic E-state index is 14.0. The Morgan fingerprint density at radius 3 is 2.51 bits per heavy atom. The molecule has 5 rings (SSSR count). The molecule has 0 unspecified atom stereocenters. The molecule has 5 aromatic rings. The molecule has 0 radical (unpaired) electrons. The lowest BCUT2D eigenvalue weighted by molar-refractivity contribution is 0.187. The quantitative estimate of drug-likeness (QED) is 0.395. The number of aromatic nitrogens is 5. The summed E-state index contributed by atoms with van der Waals surface area (Å²) >= 11 is 0. The second kappa shape index (κ2) is 8.90.